The second-order valence-corrected chi connectivity index (χ2v) is 9.65. The number of carbonyl (C=O) groups excluding carboxylic acids is 2. The van der Waals surface area contributed by atoms with Gasteiger partial charge in [0, 0.05) is 22.4 Å². The van der Waals surface area contributed by atoms with Crippen LogP contribution in [0.4, 0.5) is 10.7 Å². The van der Waals surface area contributed by atoms with Crippen molar-refractivity contribution in [2.75, 3.05) is 10.6 Å². The van der Waals surface area contributed by atoms with E-state index in [1.165, 1.54) is 23.6 Å². The second kappa shape index (κ2) is 8.80. The Bertz CT molecular complexity index is 946. The first-order valence-electron chi connectivity index (χ1n) is 9.27. The second-order valence-electron chi connectivity index (χ2n) is 7.13. The molecule has 2 N–H and O–H groups in total. The van der Waals surface area contributed by atoms with E-state index in [2.05, 4.69) is 23.6 Å². The molecule has 146 valence electrons. The molecule has 1 aromatic heterocycles. The molecule has 3 rings (SSSR count). The molecule has 0 fully saturated rings. The molecule has 2 atom stereocenters. The molecule has 0 saturated carbocycles. The van der Waals surface area contributed by atoms with Crippen LogP contribution in [0.5, 0.6) is 0 Å². The predicted molar refractivity (Wildman–Crippen MR) is 115 cm³/mol. The number of anilines is 2. The van der Waals surface area contributed by atoms with Crippen LogP contribution in [0, 0.1) is 17.2 Å². The van der Waals surface area contributed by atoms with Crippen molar-refractivity contribution in [3.8, 4) is 6.07 Å². The highest BCUT2D eigenvalue weighted by atomic mass is 32.2. The number of thiophene rings is 1. The molecule has 2 unspecified atom stereocenters. The number of nitrogens with zero attached hydrogens (tertiary/aromatic N) is 1. The average molecular weight is 414 g/mol. The smallest absolute Gasteiger partial charge is 0.238 e. The minimum atomic E-state index is -0.336. The van der Waals surface area contributed by atoms with Gasteiger partial charge >= 0.3 is 0 Å². The van der Waals surface area contributed by atoms with E-state index in [0.717, 1.165) is 29.7 Å². The van der Waals surface area contributed by atoms with Gasteiger partial charge in [-0.15, -0.1) is 23.1 Å². The standard InChI is InChI=1S/C21H23N3O2S2/c1-12-7-8-17-18(11-22)21(28-19(17)9-12)24-20(26)13(2)27-16-6-4-5-15(10-16)23-14(3)25/h4-6,10,12-13H,7-9H2,1-3H3,(H,23,25)(H,24,26). The Morgan fingerprint density at radius 3 is 2.86 bits per heavy atom. The molecule has 0 bridgehead atoms. The third-order valence-electron chi connectivity index (χ3n) is 4.70. The molecule has 1 aliphatic rings. The molecule has 0 aliphatic heterocycles. The number of carbonyl (C=O) groups is 2. The molecule has 1 aromatic carbocycles. The number of thioether (sulfide) groups is 1. The van der Waals surface area contributed by atoms with E-state index in [0.29, 0.717) is 22.2 Å². The summed E-state index contributed by atoms with van der Waals surface area (Å²) in [4.78, 5) is 26.1. The van der Waals surface area contributed by atoms with Gasteiger partial charge in [0.25, 0.3) is 0 Å². The van der Waals surface area contributed by atoms with Gasteiger partial charge in [-0.1, -0.05) is 13.0 Å². The number of rotatable bonds is 5. The maximum absolute atomic E-state index is 12.7. The fourth-order valence-electron chi connectivity index (χ4n) is 3.28. The topological polar surface area (TPSA) is 82.0 Å². The summed E-state index contributed by atoms with van der Waals surface area (Å²) in [6, 6.07) is 9.70. The number of fused-ring (bicyclic) bond motifs is 1. The van der Waals surface area contributed by atoms with Crippen molar-refractivity contribution < 1.29 is 9.59 Å². The highest BCUT2D eigenvalue weighted by Gasteiger charge is 2.25. The molecule has 1 heterocycles. The van der Waals surface area contributed by atoms with Gasteiger partial charge in [0.05, 0.1) is 10.8 Å². The molecule has 1 aliphatic carbocycles. The highest BCUT2D eigenvalue weighted by molar-refractivity contribution is 8.00. The van der Waals surface area contributed by atoms with Crippen LogP contribution in [0.15, 0.2) is 29.2 Å². The first-order valence-corrected chi connectivity index (χ1v) is 11.0. The fraction of sp³-hybridized carbons (Fsp3) is 0.381. The van der Waals surface area contributed by atoms with Gasteiger partial charge in [0.1, 0.15) is 11.1 Å². The number of nitrogens with one attached hydrogen (secondary N) is 2. The van der Waals surface area contributed by atoms with Crippen molar-refractivity contribution in [1.82, 2.24) is 0 Å². The van der Waals surface area contributed by atoms with Gasteiger partial charge in [-0.3, -0.25) is 9.59 Å². The summed E-state index contributed by atoms with van der Waals surface area (Å²) < 4.78 is 0. The Morgan fingerprint density at radius 1 is 1.36 bits per heavy atom. The lowest BCUT2D eigenvalue weighted by Gasteiger charge is -2.17. The van der Waals surface area contributed by atoms with Crippen molar-refractivity contribution >= 4 is 45.6 Å². The van der Waals surface area contributed by atoms with Crippen molar-refractivity contribution in [1.29, 1.82) is 5.26 Å². The zero-order valence-electron chi connectivity index (χ0n) is 16.2. The molecular weight excluding hydrogens is 390 g/mol. The van der Waals surface area contributed by atoms with Crippen LogP contribution in [0.25, 0.3) is 0 Å². The van der Waals surface area contributed by atoms with Gasteiger partial charge < -0.3 is 10.6 Å². The lowest BCUT2D eigenvalue weighted by atomic mass is 9.89. The lowest BCUT2D eigenvalue weighted by Crippen LogP contribution is -2.22. The first-order chi connectivity index (χ1) is 13.4. The normalized spacial score (nSPS) is 16.6. The molecule has 5 nitrogen and oxygen atoms in total. The minimum absolute atomic E-state index is 0.127. The molecular formula is C21H23N3O2S2. The van der Waals surface area contributed by atoms with Crippen molar-refractivity contribution in [3.05, 3.63) is 40.3 Å². The Balaban J connectivity index is 1.70. The minimum Gasteiger partial charge on any atom is -0.326 e. The van der Waals surface area contributed by atoms with Gasteiger partial charge in [0.2, 0.25) is 11.8 Å². The summed E-state index contributed by atoms with van der Waals surface area (Å²) in [6.07, 6.45) is 2.97. The van der Waals surface area contributed by atoms with E-state index in [1.54, 1.807) is 11.3 Å². The van der Waals surface area contributed by atoms with Gasteiger partial charge in [-0.05, 0) is 55.9 Å². The summed E-state index contributed by atoms with van der Waals surface area (Å²) in [5.74, 6) is 0.359. The molecule has 7 heteroatoms. The van der Waals surface area contributed by atoms with Crippen LogP contribution in [0.2, 0.25) is 0 Å². The zero-order valence-corrected chi connectivity index (χ0v) is 17.8. The molecule has 2 amide bonds. The van der Waals surface area contributed by atoms with E-state index in [1.807, 2.05) is 31.2 Å². The Morgan fingerprint density at radius 2 is 2.14 bits per heavy atom. The third-order valence-corrected chi connectivity index (χ3v) is 6.96. The van der Waals surface area contributed by atoms with Crippen LogP contribution in [0.3, 0.4) is 0 Å². The highest BCUT2D eigenvalue weighted by Crippen LogP contribution is 2.39. The van der Waals surface area contributed by atoms with Gasteiger partial charge in [-0.2, -0.15) is 5.26 Å². The lowest BCUT2D eigenvalue weighted by molar-refractivity contribution is -0.115. The number of hydrogen-bond donors (Lipinski definition) is 2. The number of benzene rings is 1. The number of hydrogen-bond acceptors (Lipinski definition) is 5. The molecule has 2 aromatic rings. The van der Waals surface area contributed by atoms with Gasteiger partial charge in [-0.25, -0.2) is 0 Å². The maximum Gasteiger partial charge on any atom is 0.238 e. The third kappa shape index (κ3) is 4.75. The van der Waals surface area contributed by atoms with E-state index in [4.69, 9.17) is 0 Å². The van der Waals surface area contributed by atoms with Crippen LogP contribution in [0.1, 0.15) is 43.2 Å². The van der Waals surface area contributed by atoms with E-state index >= 15 is 0 Å². The first kappa shape index (κ1) is 20.4. The summed E-state index contributed by atoms with van der Waals surface area (Å²) in [5, 5.41) is 15.6. The summed E-state index contributed by atoms with van der Waals surface area (Å²) in [7, 11) is 0. The van der Waals surface area contributed by atoms with Crippen LogP contribution >= 0.6 is 23.1 Å². The van der Waals surface area contributed by atoms with Crippen molar-refractivity contribution in [2.24, 2.45) is 5.92 Å². The number of nitriles is 1. The Labute approximate surface area is 173 Å². The molecule has 0 radical (unpaired) electrons. The van der Waals surface area contributed by atoms with Crippen molar-refractivity contribution in [3.63, 3.8) is 0 Å². The summed E-state index contributed by atoms with van der Waals surface area (Å²) in [5.41, 5.74) is 2.45. The summed E-state index contributed by atoms with van der Waals surface area (Å²) >= 11 is 2.96. The van der Waals surface area contributed by atoms with Crippen molar-refractivity contribution in [2.45, 2.75) is 50.2 Å². The Hall–Kier alpha value is -2.30. The van der Waals surface area contributed by atoms with E-state index < -0.39 is 0 Å². The monoisotopic (exact) mass is 413 g/mol. The van der Waals surface area contributed by atoms with Crippen LogP contribution in [-0.2, 0) is 22.4 Å². The van der Waals surface area contributed by atoms with E-state index in [9.17, 15) is 14.9 Å². The summed E-state index contributed by atoms with van der Waals surface area (Å²) in [6.45, 7) is 5.53. The van der Waals surface area contributed by atoms with E-state index in [-0.39, 0.29) is 17.1 Å². The van der Waals surface area contributed by atoms with Crippen LogP contribution < -0.4 is 10.6 Å². The maximum atomic E-state index is 12.7. The largest absolute Gasteiger partial charge is 0.326 e. The van der Waals surface area contributed by atoms with Gasteiger partial charge in [0.15, 0.2) is 0 Å². The number of amides is 2. The predicted octanol–water partition coefficient (Wildman–Crippen LogP) is 4.82. The molecule has 28 heavy (non-hydrogen) atoms. The quantitative estimate of drug-likeness (QED) is 0.688. The fourth-order valence-corrected chi connectivity index (χ4v) is 5.57. The zero-order chi connectivity index (χ0) is 20.3. The average Bonchev–Trinajstić information content (AvgIpc) is 2.97. The molecule has 0 spiro atoms. The SMILES string of the molecule is CC(=O)Nc1cccc(SC(C)C(=O)Nc2sc3c(c2C#N)CCC(C)C3)c1. The van der Waals surface area contributed by atoms with Crippen LogP contribution in [-0.4, -0.2) is 17.1 Å². The Kier molecular flexibility index (Phi) is 6.42. The molecule has 0 saturated heterocycles.